The van der Waals surface area contributed by atoms with Crippen LogP contribution in [0.25, 0.3) is 21.5 Å². The standard InChI is InChI=1S/C19H15ClN4/c1-12-22-23-13(2)24(12)21-11-18-14-7-3-5-9-16(14)19(20)17-10-6-4-8-15(17)18/h3-11H,1-2H3/b21-11-. The molecule has 0 aliphatic rings. The predicted octanol–water partition coefficient (Wildman–Crippen LogP) is 4.74. The fraction of sp³-hybridized carbons (Fsp3) is 0.105. The SMILES string of the molecule is Cc1nnc(C)n1/N=C\c1c2ccccc2c(Cl)c2ccccc12. The van der Waals surface area contributed by atoms with Gasteiger partial charge in [0, 0.05) is 16.3 Å². The highest BCUT2D eigenvalue weighted by Crippen LogP contribution is 2.35. The third kappa shape index (κ3) is 2.27. The second-order valence-corrected chi connectivity index (χ2v) is 6.05. The normalized spacial score (nSPS) is 11.8. The molecule has 0 bridgehead atoms. The molecule has 3 aromatic carbocycles. The first-order chi connectivity index (χ1) is 11.7. The van der Waals surface area contributed by atoms with Gasteiger partial charge < -0.3 is 0 Å². The lowest BCUT2D eigenvalue weighted by Crippen LogP contribution is -1.97. The fourth-order valence-electron chi connectivity index (χ4n) is 2.99. The van der Waals surface area contributed by atoms with E-state index in [-0.39, 0.29) is 0 Å². The van der Waals surface area contributed by atoms with Crippen molar-refractivity contribution in [2.45, 2.75) is 13.8 Å². The van der Waals surface area contributed by atoms with E-state index in [0.717, 1.165) is 43.8 Å². The molecular formula is C19H15ClN4. The molecule has 4 aromatic rings. The summed E-state index contributed by atoms with van der Waals surface area (Å²) in [5.74, 6) is 1.51. The lowest BCUT2D eigenvalue weighted by molar-refractivity contribution is 0.799. The van der Waals surface area contributed by atoms with Crippen molar-refractivity contribution in [2.24, 2.45) is 5.10 Å². The van der Waals surface area contributed by atoms with Gasteiger partial charge in [0.05, 0.1) is 11.2 Å². The van der Waals surface area contributed by atoms with Crippen LogP contribution in [0.3, 0.4) is 0 Å². The Morgan fingerprint density at radius 1 is 0.833 bits per heavy atom. The summed E-state index contributed by atoms with van der Waals surface area (Å²) in [6, 6.07) is 16.2. The molecule has 0 aliphatic carbocycles. The van der Waals surface area contributed by atoms with E-state index in [1.807, 2.05) is 56.5 Å². The number of rotatable bonds is 2. The van der Waals surface area contributed by atoms with Crippen molar-refractivity contribution in [1.82, 2.24) is 14.9 Å². The van der Waals surface area contributed by atoms with Crippen LogP contribution in [-0.2, 0) is 0 Å². The fourth-order valence-corrected chi connectivity index (χ4v) is 3.32. The summed E-state index contributed by atoms with van der Waals surface area (Å²) in [6.45, 7) is 3.77. The quantitative estimate of drug-likeness (QED) is 0.392. The van der Waals surface area contributed by atoms with Crippen LogP contribution in [0.15, 0.2) is 53.6 Å². The van der Waals surface area contributed by atoms with E-state index in [2.05, 4.69) is 27.4 Å². The van der Waals surface area contributed by atoms with Gasteiger partial charge in [-0.2, -0.15) is 5.10 Å². The summed E-state index contributed by atoms with van der Waals surface area (Å²) in [6.07, 6.45) is 1.87. The molecule has 0 N–H and O–H groups in total. The highest BCUT2D eigenvalue weighted by Gasteiger charge is 2.11. The van der Waals surface area contributed by atoms with Crippen molar-refractivity contribution in [2.75, 3.05) is 0 Å². The molecule has 0 saturated heterocycles. The first kappa shape index (κ1) is 14.8. The van der Waals surface area contributed by atoms with Gasteiger partial charge in [-0.25, -0.2) is 4.68 Å². The molecule has 24 heavy (non-hydrogen) atoms. The molecule has 0 atom stereocenters. The minimum atomic E-state index is 0.756. The first-order valence-corrected chi connectivity index (χ1v) is 8.06. The maximum atomic E-state index is 6.63. The second-order valence-electron chi connectivity index (χ2n) is 5.67. The van der Waals surface area contributed by atoms with Crippen molar-refractivity contribution in [1.29, 1.82) is 0 Å². The number of halogens is 1. The molecule has 0 saturated carbocycles. The van der Waals surface area contributed by atoms with Gasteiger partial charge in [-0.1, -0.05) is 60.1 Å². The lowest BCUT2D eigenvalue weighted by atomic mass is 9.97. The summed E-state index contributed by atoms with van der Waals surface area (Å²) in [4.78, 5) is 0. The van der Waals surface area contributed by atoms with Crippen molar-refractivity contribution in [3.63, 3.8) is 0 Å². The largest absolute Gasteiger partial charge is 0.202 e. The van der Waals surface area contributed by atoms with Gasteiger partial charge in [-0.15, -0.1) is 10.2 Å². The van der Waals surface area contributed by atoms with Gasteiger partial charge in [-0.05, 0) is 24.6 Å². The zero-order chi connectivity index (χ0) is 16.7. The predicted molar refractivity (Wildman–Crippen MR) is 99.0 cm³/mol. The van der Waals surface area contributed by atoms with E-state index in [1.54, 1.807) is 4.68 Å². The topological polar surface area (TPSA) is 43.1 Å². The van der Waals surface area contributed by atoms with Gasteiger partial charge >= 0.3 is 0 Å². The van der Waals surface area contributed by atoms with Crippen molar-refractivity contribution in [3.8, 4) is 0 Å². The maximum Gasteiger partial charge on any atom is 0.151 e. The van der Waals surface area contributed by atoms with Crippen LogP contribution in [0.4, 0.5) is 0 Å². The third-order valence-corrected chi connectivity index (χ3v) is 4.57. The Bertz CT molecular complexity index is 1020. The van der Waals surface area contributed by atoms with E-state index in [9.17, 15) is 0 Å². The Balaban J connectivity index is 2.04. The van der Waals surface area contributed by atoms with Crippen LogP contribution < -0.4 is 0 Å². The van der Waals surface area contributed by atoms with E-state index in [1.165, 1.54) is 0 Å². The number of aryl methyl sites for hydroxylation is 2. The Hall–Kier alpha value is -2.72. The van der Waals surface area contributed by atoms with E-state index in [4.69, 9.17) is 11.6 Å². The highest BCUT2D eigenvalue weighted by molar-refractivity contribution is 6.42. The Kier molecular flexibility index (Phi) is 3.54. The molecule has 118 valence electrons. The van der Waals surface area contributed by atoms with E-state index in [0.29, 0.717) is 0 Å². The van der Waals surface area contributed by atoms with Crippen LogP contribution in [0.5, 0.6) is 0 Å². The minimum absolute atomic E-state index is 0.756. The van der Waals surface area contributed by atoms with Gasteiger partial charge in [0.1, 0.15) is 0 Å². The molecule has 1 aromatic heterocycles. The molecule has 4 rings (SSSR count). The smallest absolute Gasteiger partial charge is 0.151 e. The Labute approximate surface area is 144 Å². The van der Waals surface area contributed by atoms with Gasteiger partial charge in [0.2, 0.25) is 0 Å². The van der Waals surface area contributed by atoms with Crippen LogP contribution in [0, 0.1) is 13.8 Å². The highest BCUT2D eigenvalue weighted by atomic mass is 35.5. The summed E-state index contributed by atoms with van der Waals surface area (Å²) in [5, 5.41) is 17.7. The molecule has 0 aliphatic heterocycles. The molecule has 5 heteroatoms. The third-order valence-electron chi connectivity index (χ3n) is 4.16. The van der Waals surface area contributed by atoms with Crippen LogP contribution in [-0.4, -0.2) is 21.1 Å². The average Bonchev–Trinajstić information content (AvgIpc) is 2.93. The minimum Gasteiger partial charge on any atom is -0.202 e. The van der Waals surface area contributed by atoms with Gasteiger partial charge in [0.15, 0.2) is 11.6 Å². The second kappa shape index (κ2) is 5.73. The zero-order valence-corrected chi connectivity index (χ0v) is 14.1. The van der Waals surface area contributed by atoms with Gasteiger partial charge in [0.25, 0.3) is 0 Å². The Morgan fingerprint density at radius 3 is 1.79 bits per heavy atom. The summed E-state index contributed by atoms with van der Waals surface area (Å²) in [7, 11) is 0. The molecule has 0 spiro atoms. The van der Waals surface area contributed by atoms with Crippen LogP contribution in [0.1, 0.15) is 17.2 Å². The summed E-state index contributed by atoms with van der Waals surface area (Å²) >= 11 is 6.63. The zero-order valence-electron chi connectivity index (χ0n) is 13.4. The molecule has 4 nitrogen and oxygen atoms in total. The average molecular weight is 335 g/mol. The van der Waals surface area contributed by atoms with Crippen molar-refractivity contribution in [3.05, 3.63) is 70.8 Å². The summed E-state index contributed by atoms with van der Waals surface area (Å²) < 4.78 is 1.73. The number of aromatic nitrogens is 3. The van der Waals surface area contributed by atoms with Crippen molar-refractivity contribution >= 4 is 39.4 Å². The first-order valence-electron chi connectivity index (χ1n) is 7.68. The van der Waals surface area contributed by atoms with E-state index >= 15 is 0 Å². The molecule has 0 amide bonds. The number of hydrogen-bond acceptors (Lipinski definition) is 3. The molecule has 0 radical (unpaired) electrons. The number of fused-ring (bicyclic) bond motifs is 2. The van der Waals surface area contributed by atoms with Crippen molar-refractivity contribution < 1.29 is 0 Å². The molecule has 0 unspecified atom stereocenters. The maximum absolute atomic E-state index is 6.63. The van der Waals surface area contributed by atoms with Crippen LogP contribution >= 0.6 is 11.6 Å². The molecule has 1 heterocycles. The van der Waals surface area contributed by atoms with Gasteiger partial charge in [-0.3, -0.25) is 0 Å². The number of benzene rings is 3. The monoisotopic (exact) mass is 334 g/mol. The number of hydrogen-bond donors (Lipinski definition) is 0. The Morgan fingerprint density at radius 2 is 1.29 bits per heavy atom. The molecule has 0 fully saturated rings. The lowest BCUT2D eigenvalue weighted by Gasteiger charge is -2.10. The number of nitrogens with zero attached hydrogens (tertiary/aromatic N) is 4. The van der Waals surface area contributed by atoms with Crippen LogP contribution in [0.2, 0.25) is 5.02 Å². The van der Waals surface area contributed by atoms with E-state index < -0.39 is 0 Å². The molecular weight excluding hydrogens is 320 g/mol. The summed E-state index contributed by atoms with van der Waals surface area (Å²) in [5.41, 5.74) is 1.04.